The molecule has 3 amide bonds. The number of halogens is 2. The minimum atomic E-state index is -0.763. The van der Waals surface area contributed by atoms with Crippen molar-refractivity contribution in [1.29, 1.82) is 0 Å². The number of nitrogens with zero attached hydrogens (tertiary/aromatic N) is 2. The molecule has 0 aliphatic carbocycles. The van der Waals surface area contributed by atoms with E-state index in [1.807, 2.05) is 0 Å². The molecule has 1 fully saturated rings. The highest BCUT2D eigenvalue weighted by molar-refractivity contribution is 6.37. The summed E-state index contributed by atoms with van der Waals surface area (Å²) in [6.45, 7) is -0.539. The number of esters is 1. The molecule has 1 N–H and O–H groups in total. The van der Waals surface area contributed by atoms with Crippen molar-refractivity contribution in [1.82, 2.24) is 10.2 Å². The average Bonchev–Trinajstić information content (AvgIpc) is 3.00. The van der Waals surface area contributed by atoms with Crippen LogP contribution in [0.1, 0.15) is 11.1 Å². The van der Waals surface area contributed by atoms with E-state index in [0.29, 0.717) is 16.0 Å². The first kappa shape index (κ1) is 23.0. The van der Waals surface area contributed by atoms with Gasteiger partial charge in [-0.3, -0.25) is 19.7 Å². The van der Waals surface area contributed by atoms with E-state index < -0.39 is 29.4 Å². The lowest BCUT2D eigenvalue weighted by Crippen LogP contribution is -2.36. The van der Waals surface area contributed by atoms with Crippen molar-refractivity contribution in [3.8, 4) is 5.75 Å². The van der Waals surface area contributed by atoms with Crippen molar-refractivity contribution in [3.63, 3.8) is 0 Å². The van der Waals surface area contributed by atoms with Gasteiger partial charge in [-0.05, 0) is 29.3 Å². The standard InChI is InChI=1S/C20H15Cl2N3O7/c1-31-17(26)9-24-19(27)16(23-20(24)28)8-12-6-14(21)18(15(22)7-12)32-10-11-3-2-4-13(5-11)25(29)30/h2-8H,9-10H2,1H3,(H,23,28)/b16-8+. The number of carbonyl (C=O) groups excluding carboxylic acids is 3. The number of hydrogen-bond acceptors (Lipinski definition) is 7. The fraction of sp³-hybridized carbons (Fsp3) is 0.150. The molecular weight excluding hydrogens is 465 g/mol. The van der Waals surface area contributed by atoms with Crippen LogP contribution in [0, 0.1) is 10.1 Å². The predicted molar refractivity (Wildman–Crippen MR) is 114 cm³/mol. The number of urea groups is 1. The maximum absolute atomic E-state index is 12.4. The van der Waals surface area contributed by atoms with Gasteiger partial charge in [-0.2, -0.15) is 0 Å². The number of ether oxygens (including phenoxy) is 2. The Morgan fingerprint density at radius 1 is 1.22 bits per heavy atom. The Hall–Kier alpha value is -3.63. The number of nitrogens with one attached hydrogen (secondary N) is 1. The minimum absolute atomic E-state index is 0.0153. The molecular formula is C20H15Cl2N3O7. The van der Waals surface area contributed by atoms with Crippen LogP contribution in [-0.2, 0) is 20.9 Å². The van der Waals surface area contributed by atoms with Crippen molar-refractivity contribution in [2.75, 3.05) is 13.7 Å². The van der Waals surface area contributed by atoms with Crippen LogP contribution in [0.4, 0.5) is 10.5 Å². The zero-order valence-corrected chi connectivity index (χ0v) is 18.0. The maximum Gasteiger partial charge on any atom is 0.329 e. The van der Waals surface area contributed by atoms with Gasteiger partial charge in [-0.15, -0.1) is 0 Å². The van der Waals surface area contributed by atoms with Gasteiger partial charge in [0.1, 0.15) is 18.8 Å². The number of carbonyl (C=O) groups is 3. The number of nitro benzene ring substituents is 1. The molecule has 0 atom stereocenters. The SMILES string of the molecule is COC(=O)CN1C(=O)N/C(=C/c2cc(Cl)c(OCc3cccc([N+](=O)[O-])c3)c(Cl)c2)C1=O. The van der Waals surface area contributed by atoms with Crippen LogP contribution in [0.2, 0.25) is 10.0 Å². The first-order chi connectivity index (χ1) is 15.2. The lowest BCUT2D eigenvalue weighted by molar-refractivity contribution is -0.384. The highest BCUT2D eigenvalue weighted by Crippen LogP contribution is 2.35. The first-order valence-corrected chi connectivity index (χ1v) is 9.71. The topological polar surface area (TPSA) is 128 Å². The average molecular weight is 480 g/mol. The number of hydrogen-bond donors (Lipinski definition) is 1. The summed E-state index contributed by atoms with van der Waals surface area (Å²) in [6, 6.07) is 8.09. The Morgan fingerprint density at radius 2 is 1.91 bits per heavy atom. The summed E-state index contributed by atoms with van der Waals surface area (Å²) in [7, 11) is 1.14. The number of benzene rings is 2. The molecule has 1 heterocycles. The van der Waals surface area contributed by atoms with Gasteiger partial charge in [-0.25, -0.2) is 9.69 Å². The Morgan fingerprint density at radius 3 is 2.53 bits per heavy atom. The highest BCUT2D eigenvalue weighted by atomic mass is 35.5. The third-order valence-corrected chi connectivity index (χ3v) is 4.87. The normalized spacial score (nSPS) is 14.5. The molecule has 1 aliphatic rings. The second-order valence-corrected chi connectivity index (χ2v) is 7.30. The second kappa shape index (κ2) is 9.67. The molecule has 32 heavy (non-hydrogen) atoms. The van der Waals surface area contributed by atoms with Crippen molar-refractivity contribution >= 4 is 52.9 Å². The van der Waals surface area contributed by atoms with Crippen molar-refractivity contribution < 1.29 is 28.8 Å². The third kappa shape index (κ3) is 5.16. The Kier molecular flexibility index (Phi) is 6.96. The van der Waals surface area contributed by atoms with E-state index in [9.17, 15) is 24.5 Å². The fourth-order valence-corrected chi connectivity index (χ4v) is 3.40. The molecule has 166 valence electrons. The summed E-state index contributed by atoms with van der Waals surface area (Å²) in [6.07, 6.45) is 1.35. The van der Waals surface area contributed by atoms with Crippen LogP contribution in [0.15, 0.2) is 42.1 Å². The highest BCUT2D eigenvalue weighted by Gasteiger charge is 2.35. The largest absolute Gasteiger partial charge is 0.486 e. The van der Waals surface area contributed by atoms with Gasteiger partial charge in [0.15, 0.2) is 5.75 Å². The van der Waals surface area contributed by atoms with Crippen molar-refractivity contribution in [2.24, 2.45) is 0 Å². The van der Waals surface area contributed by atoms with Gasteiger partial charge in [-0.1, -0.05) is 35.3 Å². The molecule has 0 saturated carbocycles. The molecule has 1 aliphatic heterocycles. The summed E-state index contributed by atoms with van der Waals surface area (Å²) >= 11 is 12.5. The fourth-order valence-electron chi connectivity index (χ4n) is 2.79. The first-order valence-electron chi connectivity index (χ1n) is 8.96. The summed E-state index contributed by atoms with van der Waals surface area (Å²) in [5, 5.41) is 13.5. The van der Waals surface area contributed by atoms with E-state index in [1.165, 1.54) is 36.4 Å². The number of imide groups is 1. The van der Waals surface area contributed by atoms with E-state index >= 15 is 0 Å². The third-order valence-electron chi connectivity index (χ3n) is 4.31. The Bertz CT molecular complexity index is 1130. The van der Waals surface area contributed by atoms with Crippen molar-refractivity contribution in [2.45, 2.75) is 6.61 Å². The van der Waals surface area contributed by atoms with E-state index in [4.69, 9.17) is 27.9 Å². The number of non-ortho nitro benzene ring substituents is 1. The molecule has 0 aromatic heterocycles. The quantitative estimate of drug-likeness (QED) is 0.211. The van der Waals surface area contributed by atoms with E-state index in [-0.39, 0.29) is 33.8 Å². The molecule has 12 heteroatoms. The number of methoxy groups -OCH3 is 1. The maximum atomic E-state index is 12.4. The van der Waals surface area contributed by atoms with Crippen LogP contribution in [-0.4, -0.2) is 41.4 Å². The van der Waals surface area contributed by atoms with Crippen LogP contribution in [0.3, 0.4) is 0 Å². The van der Waals surface area contributed by atoms with E-state index in [1.54, 1.807) is 6.07 Å². The second-order valence-electron chi connectivity index (χ2n) is 6.48. The lowest BCUT2D eigenvalue weighted by atomic mass is 10.1. The van der Waals surface area contributed by atoms with Gasteiger partial charge < -0.3 is 14.8 Å². The zero-order valence-electron chi connectivity index (χ0n) is 16.5. The van der Waals surface area contributed by atoms with Gasteiger partial charge in [0.2, 0.25) is 0 Å². The van der Waals surface area contributed by atoms with Crippen LogP contribution < -0.4 is 10.1 Å². The molecule has 0 unspecified atom stereocenters. The van der Waals surface area contributed by atoms with Crippen LogP contribution in [0.25, 0.3) is 6.08 Å². The molecule has 10 nitrogen and oxygen atoms in total. The summed E-state index contributed by atoms with van der Waals surface area (Å²) in [5.74, 6) is -1.30. The zero-order chi connectivity index (χ0) is 23.4. The minimum Gasteiger partial charge on any atom is -0.486 e. The lowest BCUT2D eigenvalue weighted by Gasteiger charge is -2.11. The summed E-state index contributed by atoms with van der Waals surface area (Å²) in [5.41, 5.74) is 0.792. The van der Waals surface area contributed by atoms with Gasteiger partial charge in [0.05, 0.1) is 22.1 Å². The summed E-state index contributed by atoms with van der Waals surface area (Å²) in [4.78, 5) is 46.8. The van der Waals surface area contributed by atoms with Gasteiger partial charge in [0.25, 0.3) is 11.6 Å². The smallest absolute Gasteiger partial charge is 0.329 e. The van der Waals surface area contributed by atoms with Crippen molar-refractivity contribution in [3.05, 3.63) is 73.4 Å². The number of amides is 3. The predicted octanol–water partition coefficient (Wildman–Crippen LogP) is 3.55. The monoisotopic (exact) mass is 479 g/mol. The molecule has 0 bridgehead atoms. The molecule has 2 aromatic rings. The van der Waals surface area contributed by atoms with Crippen LogP contribution >= 0.6 is 23.2 Å². The Balaban J connectivity index is 1.76. The number of rotatable bonds is 7. The molecule has 3 rings (SSSR count). The van der Waals surface area contributed by atoms with E-state index in [0.717, 1.165) is 7.11 Å². The van der Waals surface area contributed by atoms with Gasteiger partial charge >= 0.3 is 12.0 Å². The van der Waals surface area contributed by atoms with Gasteiger partial charge in [0, 0.05) is 12.1 Å². The van der Waals surface area contributed by atoms with E-state index in [2.05, 4.69) is 10.1 Å². The number of nitro groups is 1. The summed E-state index contributed by atoms with van der Waals surface area (Å²) < 4.78 is 10.1. The molecule has 0 radical (unpaired) electrons. The Labute approximate surface area is 191 Å². The molecule has 1 saturated heterocycles. The van der Waals surface area contributed by atoms with Crippen LogP contribution in [0.5, 0.6) is 5.75 Å². The molecule has 2 aromatic carbocycles. The molecule has 0 spiro atoms.